The third-order valence-corrected chi connectivity index (χ3v) is 4.27. The second-order valence-corrected chi connectivity index (χ2v) is 5.92. The fourth-order valence-corrected chi connectivity index (χ4v) is 2.99. The minimum absolute atomic E-state index is 0.100. The number of aromatic nitrogens is 1. The lowest BCUT2D eigenvalue weighted by molar-refractivity contribution is 0.0954. The van der Waals surface area contributed by atoms with Crippen LogP contribution in [0.5, 0.6) is 0 Å². The third-order valence-electron chi connectivity index (χ3n) is 3.36. The van der Waals surface area contributed by atoms with Crippen molar-refractivity contribution in [2.45, 2.75) is 6.42 Å². The molecule has 0 unspecified atom stereocenters. The zero-order valence-electron chi connectivity index (χ0n) is 12.3. The van der Waals surface area contributed by atoms with Gasteiger partial charge in [-0.25, -0.2) is 9.37 Å². The van der Waals surface area contributed by atoms with E-state index in [1.165, 1.54) is 17.4 Å². The number of carbonyl (C=O) groups is 1. The Hall–Kier alpha value is -2.53. The molecule has 3 aromatic rings. The molecule has 5 heteroatoms. The molecule has 23 heavy (non-hydrogen) atoms. The fourth-order valence-electron chi connectivity index (χ4n) is 2.19. The summed E-state index contributed by atoms with van der Waals surface area (Å²) in [4.78, 5) is 16.4. The number of carbonyl (C=O) groups excluding carboxylic acids is 1. The summed E-state index contributed by atoms with van der Waals surface area (Å²) < 4.78 is 13.7. The van der Waals surface area contributed by atoms with Crippen LogP contribution >= 0.6 is 11.3 Å². The molecule has 0 bridgehead atoms. The van der Waals surface area contributed by atoms with Gasteiger partial charge in [-0.15, -0.1) is 11.3 Å². The van der Waals surface area contributed by atoms with Crippen molar-refractivity contribution in [1.29, 1.82) is 0 Å². The van der Waals surface area contributed by atoms with E-state index in [9.17, 15) is 9.18 Å². The number of benzene rings is 2. The highest BCUT2D eigenvalue weighted by molar-refractivity contribution is 7.09. The topological polar surface area (TPSA) is 42.0 Å². The largest absolute Gasteiger partial charge is 0.352 e. The summed E-state index contributed by atoms with van der Waals surface area (Å²) in [5.41, 5.74) is 1.78. The number of nitrogens with zero attached hydrogens (tertiary/aromatic N) is 1. The first-order chi connectivity index (χ1) is 11.2. The van der Waals surface area contributed by atoms with Gasteiger partial charge < -0.3 is 5.32 Å². The average molecular weight is 326 g/mol. The zero-order valence-corrected chi connectivity index (χ0v) is 13.1. The van der Waals surface area contributed by atoms with Crippen LogP contribution in [-0.2, 0) is 6.42 Å². The minimum Gasteiger partial charge on any atom is -0.352 e. The van der Waals surface area contributed by atoms with Crippen molar-refractivity contribution in [2.75, 3.05) is 6.54 Å². The van der Waals surface area contributed by atoms with Gasteiger partial charge in [0.05, 0.1) is 10.7 Å². The summed E-state index contributed by atoms with van der Waals surface area (Å²) in [6.45, 7) is 0.498. The van der Waals surface area contributed by atoms with E-state index in [-0.39, 0.29) is 11.7 Å². The molecule has 0 aliphatic carbocycles. The number of amides is 1. The predicted molar refractivity (Wildman–Crippen MR) is 90.0 cm³/mol. The Morgan fingerprint density at radius 2 is 1.83 bits per heavy atom. The molecule has 1 aromatic heterocycles. The Morgan fingerprint density at radius 3 is 2.61 bits per heavy atom. The van der Waals surface area contributed by atoms with Gasteiger partial charge in [-0.2, -0.15) is 0 Å². The summed E-state index contributed by atoms with van der Waals surface area (Å²) in [6, 6.07) is 15.7. The van der Waals surface area contributed by atoms with Crippen molar-refractivity contribution in [2.24, 2.45) is 0 Å². The standard InChI is InChI=1S/C18H15FN2OS/c19-15-9-5-4-8-14(15)16-12-23-17(21-16)10-11-20-18(22)13-6-2-1-3-7-13/h1-9,12H,10-11H2,(H,20,22). The Kier molecular flexibility index (Phi) is 4.78. The quantitative estimate of drug-likeness (QED) is 0.772. The van der Waals surface area contributed by atoms with Crippen molar-refractivity contribution in [3.05, 3.63) is 76.4 Å². The van der Waals surface area contributed by atoms with Crippen molar-refractivity contribution in [1.82, 2.24) is 10.3 Å². The second-order valence-electron chi connectivity index (χ2n) is 4.98. The molecule has 116 valence electrons. The summed E-state index contributed by atoms with van der Waals surface area (Å²) in [6.07, 6.45) is 0.623. The lowest BCUT2D eigenvalue weighted by atomic mass is 10.1. The molecule has 0 aliphatic heterocycles. The Labute approximate surface area is 137 Å². The molecule has 0 saturated heterocycles. The van der Waals surface area contributed by atoms with Crippen LogP contribution in [0.3, 0.4) is 0 Å². The number of hydrogen-bond donors (Lipinski definition) is 1. The van der Waals surface area contributed by atoms with Crippen LogP contribution in [0, 0.1) is 5.82 Å². The Bertz CT molecular complexity index is 802. The number of thiazole rings is 1. The van der Waals surface area contributed by atoms with Gasteiger partial charge in [0.2, 0.25) is 0 Å². The first kappa shape index (κ1) is 15.4. The van der Waals surface area contributed by atoms with Gasteiger partial charge in [-0.05, 0) is 24.3 Å². The maximum absolute atomic E-state index is 13.7. The van der Waals surface area contributed by atoms with Gasteiger partial charge in [0.1, 0.15) is 5.82 Å². The molecule has 3 nitrogen and oxygen atoms in total. The van der Waals surface area contributed by atoms with E-state index < -0.39 is 0 Å². The van der Waals surface area contributed by atoms with E-state index in [4.69, 9.17) is 0 Å². The van der Waals surface area contributed by atoms with E-state index >= 15 is 0 Å². The van der Waals surface area contributed by atoms with Crippen molar-refractivity contribution in [3.63, 3.8) is 0 Å². The van der Waals surface area contributed by atoms with Crippen LogP contribution in [0.1, 0.15) is 15.4 Å². The Morgan fingerprint density at radius 1 is 1.09 bits per heavy atom. The van der Waals surface area contributed by atoms with Crippen LogP contribution in [0.2, 0.25) is 0 Å². The fraction of sp³-hybridized carbons (Fsp3) is 0.111. The molecule has 2 aromatic carbocycles. The SMILES string of the molecule is O=C(NCCc1nc(-c2ccccc2F)cs1)c1ccccc1. The number of rotatable bonds is 5. The molecule has 3 rings (SSSR count). The molecular formula is C18H15FN2OS. The van der Waals surface area contributed by atoms with Crippen LogP contribution in [0.25, 0.3) is 11.3 Å². The van der Waals surface area contributed by atoms with E-state index in [0.29, 0.717) is 29.8 Å². The van der Waals surface area contributed by atoms with Crippen molar-refractivity contribution in [3.8, 4) is 11.3 Å². The molecule has 0 spiro atoms. The molecule has 0 saturated carbocycles. The molecule has 1 heterocycles. The summed E-state index contributed by atoms with van der Waals surface area (Å²) in [5.74, 6) is -0.377. The Balaban J connectivity index is 1.58. The van der Waals surface area contributed by atoms with Gasteiger partial charge >= 0.3 is 0 Å². The molecule has 0 radical (unpaired) electrons. The predicted octanol–water partition coefficient (Wildman–Crippen LogP) is 3.92. The number of nitrogens with one attached hydrogen (secondary N) is 1. The third kappa shape index (κ3) is 3.81. The maximum Gasteiger partial charge on any atom is 0.251 e. The smallest absolute Gasteiger partial charge is 0.251 e. The summed E-state index contributed by atoms with van der Waals surface area (Å²) >= 11 is 1.47. The highest BCUT2D eigenvalue weighted by atomic mass is 32.1. The van der Waals surface area contributed by atoms with E-state index in [1.807, 2.05) is 23.6 Å². The first-order valence-corrected chi connectivity index (χ1v) is 8.14. The van der Waals surface area contributed by atoms with Gasteiger partial charge in [0, 0.05) is 29.5 Å². The van der Waals surface area contributed by atoms with Crippen molar-refractivity contribution >= 4 is 17.2 Å². The van der Waals surface area contributed by atoms with E-state index in [2.05, 4.69) is 10.3 Å². The molecule has 0 atom stereocenters. The van der Waals surface area contributed by atoms with Gasteiger partial charge in [-0.1, -0.05) is 30.3 Å². The zero-order chi connectivity index (χ0) is 16.1. The number of halogens is 1. The minimum atomic E-state index is -0.276. The van der Waals surface area contributed by atoms with Crippen LogP contribution < -0.4 is 5.32 Å². The molecule has 1 amide bonds. The van der Waals surface area contributed by atoms with Gasteiger partial charge in [-0.3, -0.25) is 4.79 Å². The van der Waals surface area contributed by atoms with E-state index in [1.54, 1.807) is 30.3 Å². The van der Waals surface area contributed by atoms with Gasteiger partial charge in [0.15, 0.2) is 0 Å². The highest BCUT2D eigenvalue weighted by Gasteiger charge is 2.09. The molecule has 1 N–H and O–H groups in total. The number of hydrogen-bond acceptors (Lipinski definition) is 3. The molecule has 0 fully saturated rings. The molecule has 0 aliphatic rings. The molecular weight excluding hydrogens is 311 g/mol. The summed E-state index contributed by atoms with van der Waals surface area (Å²) in [7, 11) is 0. The maximum atomic E-state index is 13.7. The summed E-state index contributed by atoms with van der Waals surface area (Å²) in [5, 5.41) is 5.57. The monoisotopic (exact) mass is 326 g/mol. The van der Waals surface area contributed by atoms with Gasteiger partial charge in [0.25, 0.3) is 5.91 Å². The lowest BCUT2D eigenvalue weighted by Gasteiger charge is -2.03. The average Bonchev–Trinajstić information content (AvgIpc) is 3.04. The lowest BCUT2D eigenvalue weighted by Crippen LogP contribution is -2.25. The normalized spacial score (nSPS) is 10.5. The first-order valence-electron chi connectivity index (χ1n) is 7.26. The van der Waals surface area contributed by atoms with Crippen LogP contribution in [0.15, 0.2) is 60.0 Å². The highest BCUT2D eigenvalue weighted by Crippen LogP contribution is 2.24. The second kappa shape index (κ2) is 7.15. The van der Waals surface area contributed by atoms with Crippen molar-refractivity contribution < 1.29 is 9.18 Å². The van der Waals surface area contributed by atoms with Crippen LogP contribution in [-0.4, -0.2) is 17.4 Å². The van der Waals surface area contributed by atoms with E-state index in [0.717, 1.165) is 5.01 Å². The van der Waals surface area contributed by atoms with Crippen LogP contribution in [0.4, 0.5) is 4.39 Å².